The van der Waals surface area contributed by atoms with Gasteiger partial charge >= 0.3 is 5.97 Å². The van der Waals surface area contributed by atoms with E-state index >= 15 is 0 Å². The Morgan fingerprint density at radius 3 is 2.77 bits per heavy atom. The normalized spacial score (nSPS) is 24.0. The summed E-state index contributed by atoms with van der Waals surface area (Å²) in [7, 11) is 1.63. The van der Waals surface area contributed by atoms with Crippen molar-refractivity contribution >= 4 is 29.3 Å². The molecule has 0 radical (unpaired) electrons. The van der Waals surface area contributed by atoms with Crippen LogP contribution in [0.2, 0.25) is 0 Å². The number of carbonyl (C=O) groups excluding carboxylic acids is 2. The Labute approximate surface area is 188 Å². The first-order valence-electron chi connectivity index (χ1n) is 10.9. The number of nitrogens with zero attached hydrogens (tertiary/aromatic N) is 1. The molecule has 7 heteroatoms. The second-order valence-corrected chi connectivity index (χ2v) is 9.57. The molecular formula is C24H30N2O4S. The van der Waals surface area contributed by atoms with E-state index < -0.39 is 0 Å². The van der Waals surface area contributed by atoms with E-state index in [1.165, 1.54) is 5.56 Å². The van der Waals surface area contributed by atoms with Gasteiger partial charge in [-0.05, 0) is 54.5 Å². The molecule has 6 nitrogen and oxygen atoms in total. The van der Waals surface area contributed by atoms with Crippen molar-refractivity contribution in [2.24, 2.45) is 11.8 Å². The van der Waals surface area contributed by atoms with Crippen molar-refractivity contribution in [3.05, 3.63) is 46.5 Å². The number of benzene rings is 1. The second kappa shape index (κ2) is 8.99. The zero-order valence-corrected chi connectivity index (χ0v) is 19.3. The maximum atomic E-state index is 12.7. The number of allylic oxidation sites excluding steroid dienone is 1. The van der Waals surface area contributed by atoms with E-state index in [-0.39, 0.29) is 29.8 Å². The number of fused-ring (bicyclic) bond motifs is 3. The molecule has 0 saturated heterocycles. The number of thioether (sulfide) groups is 1. The van der Waals surface area contributed by atoms with Crippen molar-refractivity contribution in [1.29, 1.82) is 0 Å². The second-order valence-electron chi connectivity index (χ2n) is 8.42. The molecule has 3 unspecified atom stereocenters. The lowest BCUT2D eigenvalue weighted by Crippen LogP contribution is -2.38. The standard InChI is InChI=1S/C24H30N2O4S/c1-5-30-24(28)19-13-17(21-7-6-10-31-21)22-16-12-18(25-23(27)14(2)3)20(29-4)11-15(16)8-9-26(19)22/h6,10-14,17,21-22H,5,7-9H2,1-4H3,(H,25,27). The predicted molar refractivity (Wildman–Crippen MR) is 123 cm³/mol. The molecule has 1 aromatic carbocycles. The molecule has 3 aliphatic rings. The zero-order valence-electron chi connectivity index (χ0n) is 18.5. The topological polar surface area (TPSA) is 67.9 Å². The van der Waals surface area contributed by atoms with Crippen molar-refractivity contribution in [3.8, 4) is 5.75 Å². The van der Waals surface area contributed by atoms with E-state index in [9.17, 15) is 9.59 Å². The van der Waals surface area contributed by atoms with E-state index in [1.807, 2.05) is 44.7 Å². The van der Waals surface area contributed by atoms with Gasteiger partial charge < -0.3 is 19.7 Å². The number of esters is 1. The summed E-state index contributed by atoms with van der Waals surface area (Å²) >= 11 is 1.83. The fourth-order valence-electron chi connectivity index (χ4n) is 4.63. The van der Waals surface area contributed by atoms with Crippen LogP contribution in [0.15, 0.2) is 35.4 Å². The summed E-state index contributed by atoms with van der Waals surface area (Å²) in [6.07, 6.45) is 6.09. The third-order valence-electron chi connectivity index (χ3n) is 6.18. The Balaban J connectivity index is 1.75. The van der Waals surface area contributed by atoms with Gasteiger partial charge in [0.15, 0.2) is 0 Å². The highest BCUT2D eigenvalue weighted by Gasteiger charge is 2.45. The number of amides is 1. The van der Waals surface area contributed by atoms with Gasteiger partial charge in [-0.25, -0.2) is 4.79 Å². The van der Waals surface area contributed by atoms with Crippen molar-refractivity contribution < 1.29 is 19.1 Å². The van der Waals surface area contributed by atoms with Crippen LogP contribution >= 0.6 is 11.8 Å². The van der Waals surface area contributed by atoms with Gasteiger partial charge in [-0.15, -0.1) is 11.8 Å². The lowest BCUT2D eigenvalue weighted by atomic mass is 9.84. The minimum atomic E-state index is -0.253. The first-order valence-corrected chi connectivity index (χ1v) is 11.9. The fourth-order valence-corrected chi connectivity index (χ4v) is 5.68. The summed E-state index contributed by atoms with van der Waals surface area (Å²) in [6, 6.07) is 4.14. The van der Waals surface area contributed by atoms with E-state index in [0.29, 0.717) is 29.0 Å². The Morgan fingerprint density at radius 1 is 1.32 bits per heavy atom. The summed E-state index contributed by atoms with van der Waals surface area (Å²) in [6.45, 7) is 6.69. The fraction of sp³-hybridized carbons (Fsp3) is 0.500. The highest BCUT2D eigenvalue weighted by Crippen LogP contribution is 2.50. The van der Waals surface area contributed by atoms with Gasteiger partial charge in [0, 0.05) is 23.6 Å². The zero-order chi connectivity index (χ0) is 22.1. The van der Waals surface area contributed by atoms with Gasteiger partial charge in [-0.3, -0.25) is 4.79 Å². The van der Waals surface area contributed by atoms with Crippen LogP contribution in [-0.2, 0) is 20.7 Å². The van der Waals surface area contributed by atoms with E-state index in [0.717, 1.165) is 24.9 Å². The van der Waals surface area contributed by atoms with E-state index in [4.69, 9.17) is 9.47 Å². The van der Waals surface area contributed by atoms with Crippen molar-refractivity contribution in [3.63, 3.8) is 0 Å². The number of hydrogen-bond donors (Lipinski definition) is 1. The van der Waals surface area contributed by atoms with Gasteiger partial charge in [0.2, 0.25) is 5.91 Å². The Hall–Kier alpha value is -2.41. The minimum Gasteiger partial charge on any atom is -0.495 e. The molecule has 0 aliphatic carbocycles. The Morgan fingerprint density at radius 2 is 2.13 bits per heavy atom. The number of ether oxygens (including phenoxy) is 2. The summed E-state index contributed by atoms with van der Waals surface area (Å²) < 4.78 is 11.0. The summed E-state index contributed by atoms with van der Waals surface area (Å²) in [5.74, 6) is 0.423. The van der Waals surface area contributed by atoms with Gasteiger partial charge in [0.25, 0.3) is 0 Å². The minimum absolute atomic E-state index is 0.0427. The van der Waals surface area contributed by atoms with Gasteiger partial charge in [0.05, 0.1) is 25.4 Å². The average Bonchev–Trinajstić information content (AvgIpc) is 3.41. The molecule has 3 aliphatic heterocycles. The first kappa shape index (κ1) is 21.8. The predicted octanol–water partition coefficient (Wildman–Crippen LogP) is 4.28. The molecule has 166 valence electrons. The van der Waals surface area contributed by atoms with Gasteiger partial charge in [0.1, 0.15) is 11.4 Å². The third kappa shape index (κ3) is 4.07. The molecular weight excluding hydrogens is 412 g/mol. The lowest BCUT2D eigenvalue weighted by molar-refractivity contribution is -0.140. The quantitative estimate of drug-likeness (QED) is 0.663. The van der Waals surface area contributed by atoms with Crippen LogP contribution in [0.4, 0.5) is 5.69 Å². The number of nitrogens with one attached hydrogen (secondary N) is 1. The van der Waals surface area contributed by atoms with Gasteiger partial charge in [-0.2, -0.15) is 0 Å². The number of anilines is 1. The maximum Gasteiger partial charge on any atom is 0.354 e. The number of methoxy groups -OCH3 is 1. The largest absolute Gasteiger partial charge is 0.495 e. The summed E-state index contributed by atoms with van der Waals surface area (Å²) in [4.78, 5) is 27.3. The van der Waals surface area contributed by atoms with Crippen molar-refractivity contribution in [2.45, 2.75) is 44.9 Å². The first-order chi connectivity index (χ1) is 14.9. The smallest absolute Gasteiger partial charge is 0.354 e. The highest BCUT2D eigenvalue weighted by molar-refractivity contribution is 8.03. The molecule has 3 atom stereocenters. The third-order valence-corrected chi connectivity index (χ3v) is 7.38. The highest BCUT2D eigenvalue weighted by atomic mass is 32.2. The molecule has 0 saturated carbocycles. The molecule has 4 rings (SSSR count). The molecule has 31 heavy (non-hydrogen) atoms. The van der Waals surface area contributed by atoms with Crippen LogP contribution < -0.4 is 10.1 Å². The Kier molecular flexibility index (Phi) is 6.32. The van der Waals surface area contributed by atoms with Crippen LogP contribution in [0.3, 0.4) is 0 Å². The molecule has 0 fully saturated rings. The molecule has 0 spiro atoms. The molecule has 0 aromatic heterocycles. The molecule has 1 amide bonds. The van der Waals surface area contributed by atoms with E-state index in [1.54, 1.807) is 7.11 Å². The maximum absolute atomic E-state index is 12.7. The van der Waals surface area contributed by atoms with Crippen molar-refractivity contribution in [1.82, 2.24) is 4.90 Å². The molecule has 3 heterocycles. The van der Waals surface area contributed by atoms with Gasteiger partial charge in [-0.1, -0.05) is 19.9 Å². The van der Waals surface area contributed by atoms with Crippen LogP contribution in [0, 0.1) is 11.8 Å². The monoisotopic (exact) mass is 442 g/mol. The summed E-state index contributed by atoms with van der Waals surface area (Å²) in [5.41, 5.74) is 3.71. The van der Waals surface area contributed by atoms with Crippen molar-refractivity contribution in [2.75, 3.05) is 25.6 Å². The number of hydrogen-bond acceptors (Lipinski definition) is 6. The molecule has 1 aromatic rings. The number of carbonyl (C=O) groups is 2. The van der Waals surface area contributed by atoms with Crippen LogP contribution in [0.25, 0.3) is 0 Å². The molecule has 0 bridgehead atoms. The van der Waals surface area contributed by atoms with E-state index in [2.05, 4.69) is 27.8 Å². The number of rotatable bonds is 6. The summed E-state index contributed by atoms with van der Waals surface area (Å²) in [5, 5.41) is 5.55. The SMILES string of the molecule is CCOC(=O)C1=CC(C2CC=CS2)C2c3cc(NC(=O)C(C)C)c(OC)cc3CCN12. The molecule has 1 N–H and O–H groups in total. The van der Waals surface area contributed by atoms with Crippen LogP contribution in [-0.4, -0.2) is 42.3 Å². The Bertz CT molecular complexity index is 932. The van der Waals surface area contributed by atoms with Crippen LogP contribution in [0.5, 0.6) is 5.75 Å². The average molecular weight is 443 g/mol. The lowest BCUT2D eigenvalue weighted by Gasteiger charge is -2.39. The van der Waals surface area contributed by atoms with Crippen LogP contribution in [0.1, 0.15) is 44.4 Å².